The molecular weight excluding hydrogens is 291 g/mol. The Labute approximate surface area is 139 Å². The molecule has 1 fully saturated rings. The highest BCUT2D eigenvalue weighted by molar-refractivity contribution is 6.62. The van der Waals surface area contributed by atoms with E-state index in [0.29, 0.717) is 12.2 Å². The lowest BCUT2D eigenvalue weighted by molar-refractivity contribution is 0.00578. The van der Waals surface area contributed by atoms with Crippen LogP contribution in [0.3, 0.4) is 0 Å². The summed E-state index contributed by atoms with van der Waals surface area (Å²) in [6.07, 6.45) is 0. The lowest BCUT2D eigenvalue weighted by atomic mass is 9.76. The summed E-state index contributed by atoms with van der Waals surface area (Å²) in [5.41, 5.74) is 1.74. The summed E-state index contributed by atoms with van der Waals surface area (Å²) >= 11 is 0. The van der Waals surface area contributed by atoms with Gasteiger partial charge in [-0.05, 0) is 57.6 Å². The minimum atomic E-state index is -0.422. The molecule has 2 rings (SSSR count). The van der Waals surface area contributed by atoms with Crippen molar-refractivity contribution in [3.8, 4) is 0 Å². The van der Waals surface area contributed by atoms with E-state index >= 15 is 0 Å². The van der Waals surface area contributed by atoms with Gasteiger partial charge in [-0.2, -0.15) is 0 Å². The molecule has 0 aliphatic carbocycles. The zero-order chi connectivity index (χ0) is 17.4. The summed E-state index contributed by atoms with van der Waals surface area (Å²) in [5, 5.41) is 0. The van der Waals surface area contributed by atoms with E-state index in [9.17, 15) is 4.79 Å². The fourth-order valence-electron chi connectivity index (χ4n) is 2.58. The highest BCUT2D eigenvalue weighted by Gasteiger charge is 2.51. The number of hydrogen-bond donors (Lipinski definition) is 0. The van der Waals surface area contributed by atoms with E-state index in [1.54, 1.807) is 0 Å². The lowest BCUT2D eigenvalue weighted by Gasteiger charge is -2.32. The lowest BCUT2D eigenvalue weighted by Crippen LogP contribution is -2.41. The van der Waals surface area contributed by atoms with E-state index in [1.165, 1.54) is 0 Å². The Hall–Kier alpha value is -1.33. The Bertz CT molecular complexity index is 577. The van der Waals surface area contributed by atoms with Gasteiger partial charge in [0.25, 0.3) is 0 Å². The predicted molar refractivity (Wildman–Crippen MR) is 92.2 cm³/mol. The van der Waals surface area contributed by atoms with Crippen molar-refractivity contribution in [2.75, 3.05) is 6.61 Å². The number of carbonyl (C=O) groups excluding carboxylic acids is 1. The van der Waals surface area contributed by atoms with Crippen molar-refractivity contribution in [2.24, 2.45) is 0 Å². The normalized spacial score (nSPS) is 19.2. The number of ether oxygens (including phenoxy) is 1. The number of benzene rings is 1. The molecule has 1 heterocycles. The molecule has 1 aliphatic rings. The van der Waals surface area contributed by atoms with E-state index in [4.69, 9.17) is 14.0 Å². The molecule has 0 aromatic heterocycles. The smallest absolute Gasteiger partial charge is 0.462 e. The van der Waals surface area contributed by atoms with Gasteiger partial charge < -0.3 is 14.0 Å². The summed E-state index contributed by atoms with van der Waals surface area (Å²) in [5.74, 6) is -0.0755. The van der Waals surface area contributed by atoms with Crippen LogP contribution in [0.5, 0.6) is 0 Å². The molecule has 126 valence electrons. The molecule has 5 heteroatoms. The first kappa shape index (κ1) is 18.0. The molecule has 0 unspecified atom stereocenters. The zero-order valence-corrected chi connectivity index (χ0v) is 15.2. The van der Waals surface area contributed by atoms with Gasteiger partial charge in [-0.25, -0.2) is 4.79 Å². The van der Waals surface area contributed by atoms with Gasteiger partial charge in [0.2, 0.25) is 0 Å². The van der Waals surface area contributed by atoms with Crippen LogP contribution in [0.2, 0.25) is 0 Å². The van der Waals surface area contributed by atoms with Gasteiger partial charge in [0.15, 0.2) is 0 Å². The van der Waals surface area contributed by atoms with Crippen molar-refractivity contribution in [2.45, 2.75) is 65.6 Å². The monoisotopic (exact) mass is 318 g/mol. The molecule has 1 aromatic carbocycles. The molecule has 1 saturated heterocycles. The highest BCUT2D eigenvalue weighted by atomic mass is 16.7. The summed E-state index contributed by atoms with van der Waals surface area (Å²) in [7, 11) is -0.422. The average molecular weight is 318 g/mol. The SMILES string of the molecule is CCOC(=O)c1ccc(B2OC(C)(C)C(C)(C)O2)cc1C(C)C. The predicted octanol–water partition coefficient (Wildman–Crippen LogP) is 3.29. The van der Waals surface area contributed by atoms with Gasteiger partial charge in [-0.3, -0.25) is 0 Å². The van der Waals surface area contributed by atoms with E-state index in [0.717, 1.165) is 11.0 Å². The molecular formula is C18H27BO4. The minimum Gasteiger partial charge on any atom is -0.462 e. The average Bonchev–Trinajstić information content (AvgIpc) is 2.67. The Morgan fingerprint density at radius 3 is 2.22 bits per heavy atom. The Morgan fingerprint density at radius 1 is 1.17 bits per heavy atom. The van der Waals surface area contributed by atoms with Gasteiger partial charge in [-0.1, -0.05) is 26.0 Å². The third-order valence-corrected chi connectivity index (χ3v) is 4.72. The largest absolute Gasteiger partial charge is 0.494 e. The fraction of sp³-hybridized carbons (Fsp3) is 0.611. The third kappa shape index (κ3) is 3.46. The molecule has 0 atom stereocenters. The van der Waals surface area contributed by atoms with Gasteiger partial charge in [0.05, 0.1) is 23.4 Å². The Kier molecular flexibility index (Phi) is 4.93. The van der Waals surface area contributed by atoms with E-state index in [-0.39, 0.29) is 23.1 Å². The van der Waals surface area contributed by atoms with Crippen molar-refractivity contribution in [1.29, 1.82) is 0 Å². The second kappa shape index (κ2) is 6.29. The third-order valence-electron chi connectivity index (χ3n) is 4.72. The van der Waals surface area contributed by atoms with Crippen molar-refractivity contribution in [3.63, 3.8) is 0 Å². The summed E-state index contributed by atoms with van der Waals surface area (Å²) in [6, 6.07) is 5.70. The number of hydrogen-bond acceptors (Lipinski definition) is 4. The number of carbonyl (C=O) groups is 1. The first-order valence-corrected chi connectivity index (χ1v) is 8.25. The van der Waals surface area contributed by atoms with Crippen LogP contribution in [0.25, 0.3) is 0 Å². The first-order chi connectivity index (χ1) is 10.6. The van der Waals surface area contributed by atoms with E-state index in [1.807, 2.05) is 52.8 Å². The molecule has 4 nitrogen and oxygen atoms in total. The molecule has 0 saturated carbocycles. The molecule has 23 heavy (non-hydrogen) atoms. The van der Waals surface area contributed by atoms with Crippen molar-refractivity contribution < 1.29 is 18.8 Å². The van der Waals surface area contributed by atoms with Crippen LogP contribution in [0.15, 0.2) is 18.2 Å². The number of rotatable bonds is 4. The minimum absolute atomic E-state index is 0.205. The maximum absolute atomic E-state index is 12.1. The van der Waals surface area contributed by atoms with Crippen LogP contribution >= 0.6 is 0 Å². The van der Waals surface area contributed by atoms with Crippen LogP contribution in [0.1, 0.15) is 70.3 Å². The molecule has 0 amide bonds. The summed E-state index contributed by atoms with van der Waals surface area (Å²) in [4.78, 5) is 12.1. The van der Waals surface area contributed by atoms with Gasteiger partial charge in [0, 0.05) is 0 Å². The van der Waals surface area contributed by atoms with Crippen LogP contribution in [0.4, 0.5) is 0 Å². The van der Waals surface area contributed by atoms with Gasteiger partial charge in [0.1, 0.15) is 0 Å². The van der Waals surface area contributed by atoms with Crippen LogP contribution in [0, 0.1) is 0 Å². The van der Waals surface area contributed by atoms with Crippen molar-refractivity contribution in [3.05, 3.63) is 29.3 Å². The van der Waals surface area contributed by atoms with Crippen molar-refractivity contribution >= 4 is 18.6 Å². The maximum Gasteiger partial charge on any atom is 0.494 e. The maximum atomic E-state index is 12.1. The van der Waals surface area contributed by atoms with E-state index in [2.05, 4.69) is 13.8 Å². The molecule has 1 aliphatic heterocycles. The summed E-state index contributed by atoms with van der Waals surface area (Å²) in [6.45, 7) is 14.4. The van der Waals surface area contributed by atoms with Gasteiger partial charge in [-0.15, -0.1) is 0 Å². The van der Waals surface area contributed by atoms with Crippen molar-refractivity contribution in [1.82, 2.24) is 0 Å². The van der Waals surface area contributed by atoms with Crippen LogP contribution in [-0.4, -0.2) is 30.9 Å². The second-order valence-electron chi connectivity index (χ2n) is 7.31. The molecule has 0 bridgehead atoms. The molecule has 0 N–H and O–H groups in total. The Balaban J connectivity index is 2.36. The van der Waals surface area contributed by atoms with Crippen LogP contribution < -0.4 is 5.46 Å². The quantitative estimate of drug-likeness (QED) is 0.631. The standard InChI is InChI=1S/C18H27BO4/c1-8-21-16(20)14-10-9-13(11-15(14)12(2)3)19-22-17(4,5)18(6,7)23-19/h9-12H,8H2,1-7H3. The Morgan fingerprint density at radius 2 is 1.74 bits per heavy atom. The first-order valence-electron chi connectivity index (χ1n) is 8.25. The molecule has 0 radical (unpaired) electrons. The second-order valence-corrected chi connectivity index (χ2v) is 7.31. The van der Waals surface area contributed by atoms with Crippen LogP contribution in [-0.2, 0) is 14.0 Å². The molecule has 1 aromatic rings. The summed E-state index contributed by atoms with van der Waals surface area (Å²) < 4.78 is 17.3. The van der Waals surface area contributed by atoms with Gasteiger partial charge >= 0.3 is 13.1 Å². The highest BCUT2D eigenvalue weighted by Crippen LogP contribution is 2.36. The zero-order valence-electron chi connectivity index (χ0n) is 15.2. The molecule has 0 spiro atoms. The topological polar surface area (TPSA) is 44.8 Å². The van der Waals surface area contributed by atoms with E-state index < -0.39 is 7.12 Å². The number of esters is 1. The fourth-order valence-corrected chi connectivity index (χ4v) is 2.58.